The summed E-state index contributed by atoms with van der Waals surface area (Å²) in [6.45, 7) is 2.21. The van der Waals surface area contributed by atoms with Gasteiger partial charge >= 0.3 is 0 Å². The van der Waals surface area contributed by atoms with Gasteiger partial charge in [-0.2, -0.15) is 5.10 Å². The Morgan fingerprint density at radius 3 is 2.86 bits per heavy atom. The number of rotatable bonds is 2. The van der Waals surface area contributed by atoms with E-state index in [1.165, 1.54) is 12.8 Å². The van der Waals surface area contributed by atoms with Crippen LogP contribution in [0.3, 0.4) is 0 Å². The molecule has 0 spiro atoms. The van der Waals surface area contributed by atoms with Gasteiger partial charge in [-0.1, -0.05) is 0 Å². The smallest absolute Gasteiger partial charge is 0.126 e. The summed E-state index contributed by atoms with van der Waals surface area (Å²) in [5.41, 5.74) is 1.10. The average Bonchev–Trinajstić information content (AvgIpc) is 2.52. The van der Waals surface area contributed by atoms with E-state index < -0.39 is 0 Å². The second-order valence-electron chi connectivity index (χ2n) is 3.64. The van der Waals surface area contributed by atoms with Gasteiger partial charge in [0.15, 0.2) is 0 Å². The highest BCUT2D eigenvalue weighted by Gasteiger charge is 2.14. The van der Waals surface area contributed by atoms with Crippen LogP contribution < -0.4 is 10.6 Å². The lowest BCUT2D eigenvalue weighted by molar-refractivity contribution is 0.479. The Bertz CT molecular complexity index is 304. The molecule has 1 aromatic heterocycles. The van der Waals surface area contributed by atoms with Crippen molar-refractivity contribution in [3.05, 3.63) is 10.8 Å². The fourth-order valence-corrected chi connectivity index (χ4v) is 2.01. The maximum Gasteiger partial charge on any atom is 0.126 e. The van der Waals surface area contributed by atoms with E-state index in [1.807, 2.05) is 17.9 Å². The van der Waals surface area contributed by atoms with E-state index in [-0.39, 0.29) is 0 Å². The van der Waals surface area contributed by atoms with Crippen molar-refractivity contribution in [3.8, 4) is 0 Å². The lowest BCUT2D eigenvalue weighted by atomic mass is 10.1. The monoisotopic (exact) mass is 258 g/mol. The summed E-state index contributed by atoms with van der Waals surface area (Å²) in [5.74, 6) is 0. The lowest BCUT2D eigenvalue weighted by Crippen LogP contribution is -2.35. The number of nitrogens with zero attached hydrogens (tertiary/aromatic N) is 2. The van der Waals surface area contributed by atoms with Gasteiger partial charge in [0.2, 0.25) is 0 Å². The lowest BCUT2D eigenvalue weighted by Gasteiger charge is -2.24. The maximum atomic E-state index is 4.17. The van der Waals surface area contributed by atoms with Crippen LogP contribution in [-0.4, -0.2) is 28.9 Å². The Morgan fingerprint density at radius 2 is 2.29 bits per heavy atom. The molecule has 1 aliphatic rings. The van der Waals surface area contributed by atoms with E-state index in [0.717, 1.165) is 23.4 Å². The van der Waals surface area contributed by atoms with E-state index in [1.54, 1.807) is 0 Å². The molecule has 1 fully saturated rings. The number of aryl methyl sites for hydroxylation is 1. The molecule has 0 saturated carbocycles. The number of nitrogens with one attached hydrogen (secondary N) is 2. The molecule has 2 heterocycles. The van der Waals surface area contributed by atoms with Crippen LogP contribution in [0.2, 0.25) is 0 Å². The zero-order valence-electron chi connectivity index (χ0n) is 8.26. The molecule has 1 aromatic rings. The third-order valence-electron chi connectivity index (χ3n) is 2.57. The van der Waals surface area contributed by atoms with Gasteiger partial charge in [-0.3, -0.25) is 4.68 Å². The molecule has 1 saturated heterocycles. The highest BCUT2D eigenvalue weighted by Crippen LogP contribution is 2.22. The van der Waals surface area contributed by atoms with Crippen LogP contribution in [0.1, 0.15) is 12.8 Å². The molecule has 14 heavy (non-hydrogen) atoms. The molecule has 78 valence electrons. The second-order valence-corrected chi connectivity index (χ2v) is 4.39. The predicted molar refractivity (Wildman–Crippen MR) is 60.4 cm³/mol. The van der Waals surface area contributed by atoms with Crippen LogP contribution in [0.25, 0.3) is 0 Å². The molecule has 0 unspecified atom stereocenters. The predicted octanol–water partition coefficient (Wildman–Crippen LogP) is 1.35. The first-order chi connectivity index (χ1) is 6.77. The third kappa shape index (κ3) is 2.09. The van der Waals surface area contributed by atoms with E-state index in [9.17, 15) is 0 Å². The zero-order valence-corrected chi connectivity index (χ0v) is 9.84. The average molecular weight is 259 g/mol. The normalized spacial score (nSPS) is 18.4. The van der Waals surface area contributed by atoms with Crippen LogP contribution in [0.15, 0.2) is 10.8 Å². The molecule has 0 atom stereocenters. The largest absolute Gasteiger partial charge is 0.379 e. The highest BCUT2D eigenvalue weighted by molar-refractivity contribution is 9.10. The Morgan fingerprint density at radius 1 is 1.57 bits per heavy atom. The number of aromatic nitrogens is 2. The van der Waals surface area contributed by atoms with Crippen LogP contribution >= 0.6 is 15.9 Å². The summed E-state index contributed by atoms with van der Waals surface area (Å²) in [5, 5.41) is 11.0. The van der Waals surface area contributed by atoms with Crippen molar-refractivity contribution in [2.45, 2.75) is 18.9 Å². The summed E-state index contributed by atoms with van der Waals surface area (Å²) in [6.07, 6.45) is 4.23. The minimum atomic E-state index is 0.580. The summed E-state index contributed by atoms with van der Waals surface area (Å²) in [4.78, 5) is 0. The van der Waals surface area contributed by atoms with Gasteiger partial charge in [0, 0.05) is 13.1 Å². The van der Waals surface area contributed by atoms with Gasteiger partial charge in [-0.25, -0.2) is 0 Å². The quantitative estimate of drug-likeness (QED) is 0.842. The van der Waals surface area contributed by atoms with Crippen molar-refractivity contribution in [2.24, 2.45) is 7.05 Å². The first kappa shape index (κ1) is 9.98. The molecule has 2 rings (SSSR count). The van der Waals surface area contributed by atoms with Gasteiger partial charge in [0.05, 0.1) is 11.9 Å². The fraction of sp³-hybridized carbons (Fsp3) is 0.667. The molecule has 0 aromatic carbocycles. The molecule has 2 N–H and O–H groups in total. The molecule has 0 radical (unpaired) electrons. The Balaban J connectivity index is 1.99. The first-order valence-corrected chi connectivity index (χ1v) is 5.71. The minimum Gasteiger partial charge on any atom is -0.379 e. The van der Waals surface area contributed by atoms with Gasteiger partial charge in [-0.05, 0) is 41.9 Å². The first-order valence-electron chi connectivity index (χ1n) is 4.92. The Kier molecular flexibility index (Phi) is 3.08. The van der Waals surface area contributed by atoms with Gasteiger partial charge in [0.1, 0.15) is 4.60 Å². The highest BCUT2D eigenvalue weighted by atomic mass is 79.9. The summed E-state index contributed by atoms with van der Waals surface area (Å²) in [6, 6.07) is 0.580. The van der Waals surface area contributed by atoms with E-state index in [0.29, 0.717) is 6.04 Å². The van der Waals surface area contributed by atoms with Crippen molar-refractivity contribution >= 4 is 21.6 Å². The standard InChI is InChI=1S/C9H15BrN4/c1-14-9(10)8(6-12-14)13-7-2-4-11-5-3-7/h6-7,11,13H,2-5H2,1H3. The van der Waals surface area contributed by atoms with Crippen LogP contribution in [0, 0.1) is 0 Å². The Hall–Kier alpha value is -0.550. The maximum absolute atomic E-state index is 4.17. The van der Waals surface area contributed by atoms with Crippen molar-refractivity contribution in [1.82, 2.24) is 15.1 Å². The van der Waals surface area contributed by atoms with Gasteiger partial charge in [-0.15, -0.1) is 0 Å². The number of hydrogen-bond donors (Lipinski definition) is 2. The molecule has 4 nitrogen and oxygen atoms in total. The number of halogens is 1. The Labute approximate surface area is 92.2 Å². The van der Waals surface area contributed by atoms with Gasteiger partial charge < -0.3 is 10.6 Å². The summed E-state index contributed by atoms with van der Waals surface area (Å²) >= 11 is 3.50. The van der Waals surface area contributed by atoms with Crippen molar-refractivity contribution in [3.63, 3.8) is 0 Å². The van der Waals surface area contributed by atoms with E-state index in [2.05, 4.69) is 31.7 Å². The topological polar surface area (TPSA) is 41.9 Å². The molecular formula is C9H15BrN4. The summed E-state index contributed by atoms with van der Waals surface area (Å²) < 4.78 is 2.85. The van der Waals surface area contributed by atoms with Crippen LogP contribution in [-0.2, 0) is 7.05 Å². The number of anilines is 1. The molecule has 5 heteroatoms. The van der Waals surface area contributed by atoms with E-state index >= 15 is 0 Å². The third-order valence-corrected chi connectivity index (χ3v) is 3.51. The zero-order chi connectivity index (χ0) is 9.97. The molecule has 0 amide bonds. The minimum absolute atomic E-state index is 0.580. The number of piperidine rings is 1. The van der Waals surface area contributed by atoms with Crippen molar-refractivity contribution < 1.29 is 0 Å². The van der Waals surface area contributed by atoms with Crippen LogP contribution in [0.5, 0.6) is 0 Å². The SMILES string of the molecule is Cn1ncc(NC2CCNCC2)c1Br. The molecule has 0 aliphatic carbocycles. The number of hydrogen-bond acceptors (Lipinski definition) is 3. The second kappa shape index (κ2) is 4.31. The van der Waals surface area contributed by atoms with Gasteiger partial charge in [0.25, 0.3) is 0 Å². The van der Waals surface area contributed by atoms with Crippen molar-refractivity contribution in [2.75, 3.05) is 18.4 Å². The van der Waals surface area contributed by atoms with Crippen molar-refractivity contribution in [1.29, 1.82) is 0 Å². The summed E-state index contributed by atoms with van der Waals surface area (Å²) in [7, 11) is 1.93. The molecule has 1 aliphatic heterocycles. The molecule has 0 bridgehead atoms. The van der Waals surface area contributed by atoms with Crippen LogP contribution in [0.4, 0.5) is 5.69 Å². The fourth-order valence-electron chi connectivity index (χ4n) is 1.71. The van der Waals surface area contributed by atoms with E-state index in [4.69, 9.17) is 0 Å². The molecular weight excluding hydrogens is 244 g/mol.